The largest absolute Gasteiger partial charge is 0.473 e. The van der Waals surface area contributed by atoms with Gasteiger partial charge in [0, 0.05) is 11.9 Å². The van der Waals surface area contributed by atoms with Gasteiger partial charge in [0.05, 0.1) is 19.3 Å². The lowest BCUT2D eigenvalue weighted by molar-refractivity contribution is 0.412. The molecule has 28 heavy (non-hydrogen) atoms. The maximum absolute atomic E-state index is 13.7. The van der Waals surface area contributed by atoms with Crippen LogP contribution in [0.1, 0.15) is 24.4 Å². The number of aromatic nitrogens is 4. The van der Waals surface area contributed by atoms with E-state index in [0.717, 1.165) is 47.8 Å². The Labute approximate surface area is 165 Å². The Kier molecular flexibility index (Phi) is 4.20. The van der Waals surface area contributed by atoms with E-state index in [-0.39, 0.29) is 11.9 Å². The van der Waals surface area contributed by atoms with Gasteiger partial charge >= 0.3 is 0 Å². The zero-order valence-electron chi connectivity index (χ0n) is 15.2. The summed E-state index contributed by atoms with van der Waals surface area (Å²) in [7, 11) is 1.60. The third-order valence-electron chi connectivity index (χ3n) is 5.05. The third-order valence-corrected chi connectivity index (χ3v) is 5.85. The maximum atomic E-state index is 13.7. The zero-order chi connectivity index (χ0) is 19.1. The van der Waals surface area contributed by atoms with Crippen LogP contribution in [0.4, 0.5) is 10.2 Å². The second-order valence-corrected chi connectivity index (χ2v) is 7.53. The molecule has 1 fully saturated rings. The molecule has 1 aliphatic heterocycles. The summed E-state index contributed by atoms with van der Waals surface area (Å²) in [6.45, 7) is 0.883. The van der Waals surface area contributed by atoms with Gasteiger partial charge in [-0.2, -0.15) is 0 Å². The van der Waals surface area contributed by atoms with Gasteiger partial charge in [-0.25, -0.2) is 18.9 Å². The van der Waals surface area contributed by atoms with Crippen LogP contribution in [-0.4, -0.2) is 33.2 Å². The first kappa shape index (κ1) is 17.1. The molecule has 0 amide bonds. The van der Waals surface area contributed by atoms with Crippen LogP contribution in [-0.2, 0) is 0 Å². The molecular weight excluding hydrogens is 377 g/mol. The Morgan fingerprint density at radius 2 is 2.18 bits per heavy atom. The molecule has 6 nitrogen and oxygen atoms in total. The minimum Gasteiger partial charge on any atom is -0.473 e. The van der Waals surface area contributed by atoms with Gasteiger partial charge in [0.2, 0.25) is 0 Å². The summed E-state index contributed by atoms with van der Waals surface area (Å²) in [6.07, 6.45) is 3.79. The second kappa shape index (κ2) is 6.87. The van der Waals surface area contributed by atoms with Crippen LogP contribution in [0.25, 0.3) is 17.0 Å². The standard InChI is InChI=1S/C20H18FN5OS/c1-27-20-23-15(12-28-20)17-11-22-18-7-8-19(24-26(17)18)25-9-3-6-16(25)13-4-2-5-14(21)10-13/h2,4-5,7-8,10-12,16H,3,6,9H2,1H3. The second-order valence-electron chi connectivity index (χ2n) is 6.71. The number of anilines is 1. The van der Waals surface area contributed by atoms with Crippen molar-refractivity contribution in [1.29, 1.82) is 0 Å². The van der Waals surface area contributed by atoms with Crippen molar-refractivity contribution in [2.75, 3.05) is 18.6 Å². The Morgan fingerprint density at radius 1 is 1.25 bits per heavy atom. The Morgan fingerprint density at radius 3 is 3.00 bits per heavy atom. The molecule has 5 rings (SSSR count). The average Bonchev–Trinajstić information content (AvgIpc) is 3.45. The Balaban J connectivity index is 1.54. The van der Waals surface area contributed by atoms with Gasteiger partial charge in [0.25, 0.3) is 5.19 Å². The quantitative estimate of drug-likeness (QED) is 0.514. The molecule has 0 saturated carbocycles. The van der Waals surface area contributed by atoms with Gasteiger partial charge in [0.1, 0.15) is 23.0 Å². The number of nitrogens with zero attached hydrogens (tertiary/aromatic N) is 5. The highest BCUT2D eigenvalue weighted by Crippen LogP contribution is 2.36. The van der Waals surface area contributed by atoms with Crippen LogP contribution >= 0.6 is 11.3 Å². The highest BCUT2D eigenvalue weighted by Gasteiger charge is 2.28. The normalized spacial score (nSPS) is 16.8. The number of benzene rings is 1. The first-order valence-electron chi connectivity index (χ1n) is 9.10. The number of imidazole rings is 1. The van der Waals surface area contributed by atoms with Crippen LogP contribution in [0.5, 0.6) is 5.19 Å². The van der Waals surface area contributed by atoms with Gasteiger partial charge in [-0.1, -0.05) is 23.5 Å². The van der Waals surface area contributed by atoms with Gasteiger partial charge < -0.3 is 9.64 Å². The van der Waals surface area contributed by atoms with Crippen molar-refractivity contribution in [3.8, 4) is 16.6 Å². The van der Waals surface area contributed by atoms with Gasteiger partial charge in [0.15, 0.2) is 5.65 Å². The zero-order valence-corrected chi connectivity index (χ0v) is 16.1. The van der Waals surface area contributed by atoms with Gasteiger partial charge in [-0.15, -0.1) is 5.10 Å². The molecule has 4 aromatic rings. The summed E-state index contributed by atoms with van der Waals surface area (Å²) in [5, 5.41) is 7.37. The summed E-state index contributed by atoms with van der Waals surface area (Å²) < 4.78 is 20.7. The van der Waals surface area contributed by atoms with Crippen molar-refractivity contribution in [2.24, 2.45) is 0 Å². The van der Waals surface area contributed by atoms with Crippen LogP contribution in [0.2, 0.25) is 0 Å². The molecule has 0 spiro atoms. The predicted molar refractivity (Wildman–Crippen MR) is 106 cm³/mol. The SMILES string of the molecule is COc1nc(-c2cnc3ccc(N4CCCC4c4cccc(F)c4)nn23)cs1. The highest BCUT2D eigenvalue weighted by atomic mass is 32.1. The highest BCUT2D eigenvalue weighted by molar-refractivity contribution is 7.11. The topological polar surface area (TPSA) is 55.6 Å². The van der Waals surface area contributed by atoms with Crippen molar-refractivity contribution in [2.45, 2.75) is 18.9 Å². The molecule has 0 N–H and O–H groups in total. The average molecular weight is 395 g/mol. The van der Waals surface area contributed by atoms with E-state index >= 15 is 0 Å². The lowest BCUT2D eigenvalue weighted by atomic mass is 10.0. The number of halogens is 1. The number of fused-ring (bicyclic) bond motifs is 1. The smallest absolute Gasteiger partial charge is 0.273 e. The monoisotopic (exact) mass is 395 g/mol. The van der Waals surface area contributed by atoms with Crippen molar-refractivity contribution in [1.82, 2.24) is 19.6 Å². The summed E-state index contributed by atoms with van der Waals surface area (Å²) in [4.78, 5) is 11.1. The van der Waals surface area contributed by atoms with E-state index in [2.05, 4.69) is 14.9 Å². The van der Waals surface area contributed by atoms with E-state index in [9.17, 15) is 4.39 Å². The van der Waals surface area contributed by atoms with Crippen molar-refractivity contribution in [3.63, 3.8) is 0 Å². The molecule has 0 bridgehead atoms. The fourth-order valence-corrected chi connectivity index (χ4v) is 4.39. The molecule has 1 unspecified atom stereocenters. The van der Waals surface area contributed by atoms with E-state index in [1.165, 1.54) is 17.4 Å². The van der Waals surface area contributed by atoms with Crippen molar-refractivity contribution >= 4 is 22.8 Å². The number of methoxy groups -OCH3 is 1. The van der Waals surface area contributed by atoms with E-state index in [1.807, 2.05) is 28.1 Å². The molecule has 142 valence electrons. The van der Waals surface area contributed by atoms with E-state index < -0.39 is 0 Å². The van der Waals surface area contributed by atoms with Crippen LogP contribution < -0.4 is 9.64 Å². The van der Waals surface area contributed by atoms with Gasteiger partial charge in [-0.3, -0.25) is 0 Å². The van der Waals surface area contributed by atoms with Crippen LogP contribution in [0.3, 0.4) is 0 Å². The van der Waals surface area contributed by atoms with Crippen molar-refractivity contribution < 1.29 is 9.13 Å². The number of hydrogen-bond donors (Lipinski definition) is 0. The summed E-state index contributed by atoms with van der Waals surface area (Å²) >= 11 is 1.44. The van der Waals surface area contributed by atoms with Crippen LogP contribution in [0.15, 0.2) is 48.0 Å². The number of rotatable bonds is 4. The summed E-state index contributed by atoms with van der Waals surface area (Å²) in [5.41, 5.74) is 3.33. The van der Waals surface area contributed by atoms with Crippen LogP contribution in [0, 0.1) is 5.82 Å². The molecule has 3 aromatic heterocycles. The fraction of sp³-hybridized carbons (Fsp3) is 0.250. The summed E-state index contributed by atoms with van der Waals surface area (Å²) in [5.74, 6) is 0.642. The first-order chi connectivity index (χ1) is 13.7. The number of hydrogen-bond acceptors (Lipinski definition) is 6. The predicted octanol–water partition coefficient (Wildman–Crippen LogP) is 4.34. The minimum absolute atomic E-state index is 0.118. The molecule has 0 aliphatic carbocycles. The van der Waals surface area contributed by atoms with E-state index in [1.54, 1.807) is 25.4 Å². The number of ether oxygens (including phenoxy) is 1. The molecule has 1 atom stereocenters. The van der Waals surface area contributed by atoms with E-state index in [4.69, 9.17) is 9.84 Å². The third kappa shape index (κ3) is 2.90. The lowest BCUT2D eigenvalue weighted by Crippen LogP contribution is -2.24. The Bertz CT molecular complexity index is 1140. The molecule has 1 saturated heterocycles. The summed E-state index contributed by atoms with van der Waals surface area (Å²) in [6, 6.07) is 10.9. The van der Waals surface area contributed by atoms with Crippen molar-refractivity contribution in [3.05, 3.63) is 59.4 Å². The molecule has 1 aliphatic rings. The van der Waals surface area contributed by atoms with E-state index in [0.29, 0.717) is 5.19 Å². The first-order valence-corrected chi connectivity index (χ1v) is 9.98. The number of thiazole rings is 1. The lowest BCUT2D eigenvalue weighted by Gasteiger charge is -2.26. The minimum atomic E-state index is -0.206. The molecule has 8 heteroatoms. The maximum Gasteiger partial charge on any atom is 0.273 e. The fourth-order valence-electron chi connectivity index (χ4n) is 3.76. The molecule has 1 aromatic carbocycles. The molecule has 4 heterocycles. The molecular formula is C20H18FN5OS. The molecule has 0 radical (unpaired) electrons. The Hall–Kier alpha value is -3.00. The van der Waals surface area contributed by atoms with Gasteiger partial charge in [-0.05, 0) is 42.7 Å².